The highest BCUT2D eigenvalue weighted by molar-refractivity contribution is 9.25. The molecular weight excluding hydrogens is 730 g/mol. The zero-order chi connectivity index (χ0) is 20.1. The van der Waals surface area contributed by atoms with Crippen LogP contribution < -0.4 is 0 Å². The van der Waals surface area contributed by atoms with Gasteiger partial charge in [-0.3, -0.25) is 0 Å². The van der Waals surface area contributed by atoms with Gasteiger partial charge >= 0.3 is 7.82 Å². The molecule has 23 heavy (non-hydrogen) atoms. The largest absolute Gasteiger partial charge is 0.466 e. The van der Waals surface area contributed by atoms with E-state index in [2.05, 4.69) is 95.6 Å². The molecule has 0 aliphatic carbocycles. The lowest BCUT2D eigenvalue weighted by Gasteiger charge is -2.06. The molecule has 6 N–H and O–H groups in total. The number of phosphoric acid groups is 1. The molecule has 0 atom stereocenters. The lowest BCUT2D eigenvalue weighted by Crippen LogP contribution is -2.04. The summed E-state index contributed by atoms with van der Waals surface area (Å²) in [6.07, 6.45) is 1.98. The van der Waals surface area contributed by atoms with E-state index in [1.54, 1.807) is 0 Å². The van der Waals surface area contributed by atoms with Gasteiger partial charge in [-0.05, 0) is 115 Å². The SMILES string of the molecule is CCC(O)(Br)Br.CCC(O)(Br)Br.CCC(O)(Br)Br.O=P(O)(O)O. The standard InChI is InChI=1S/3C3H6Br2O.H3O4P/c3*1-2-3(4,5)6;1-5(2,3)4/h3*6H,2H2,1H3;(H3,1,2,3,4). The Kier molecular flexibility index (Phi) is 23.1. The molecule has 0 rings (SSSR count). The minimum atomic E-state index is -4.64. The smallest absolute Gasteiger partial charge is 0.369 e. The van der Waals surface area contributed by atoms with E-state index in [0.29, 0.717) is 19.3 Å². The Labute approximate surface area is 186 Å². The molecule has 0 aliphatic rings. The van der Waals surface area contributed by atoms with Crippen molar-refractivity contribution in [1.29, 1.82) is 0 Å². The predicted molar refractivity (Wildman–Crippen MR) is 114 cm³/mol. The highest BCUT2D eigenvalue weighted by atomic mass is 79.9. The van der Waals surface area contributed by atoms with Crippen LogP contribution in [0, 0.1) is 0 Å². The average molecular weight is 752 g/mol. The molecular formula is C9H21Br6O7P. The Hall–Kier alpha value is 2.87. The maximum Gasteiger partial charge on any atom is 0.466 e. The zero-order valence-corrected chi connectivity index (χ0v) is 22.8. The lowest BCUT2D eigenvalue weighted by atomic mass is 10.5. The summed E-state index contributed by atoms with van der Waals surface area (Å²) in [4.78, 5) is 21.6. The predicted octanol–water partition coefficient (Wildman–Crippen LogP) is 4.57. The normalized spacial score (nSPS) is 12.0. The van der Waals surface area contributed by atoms with Gasteiger partial charge in [0.25, 0.3) is 0 Å². The first-order chi connectivity index (χ1) is 9.68. The summed E-state index contributed by atoms with van der Waals surface area (Å²) in [6.45, 7) is 5.59. The van der Waals surface area contributed by atoms with Crippen LogP contribution in [0.15, 0.2) is 0 Å². The number of hydrogen-bond acceptors (Lipinski definition) is 4. The molecule has 0 saturated heterocycles. The first-order valence-corrected chi connectivity index (χ1v) is 12.1. The van der Waals surface area contributed by atoms with Crippen molar-refractivity contribution in [2.24, 2.45) is 0 Å². The molecule has 7 nitrogen and oxygen atoms in total. The second-order valence-corrected chi connectivity index (χ2v) is 15.7. The summed E-state index contributed by atoms with van der Waals surface area (Å²) in [5, 5.41) is 26.0. The van der Waals surface area contributed by atoms with Crippen LogP contribution in [0.2, 0.25) is 0 Å². The fourth-order valence-corrected chi connectivity index (χ4v) is 0. The van der Waals surface area contributed by atoms with E-state index in [-0.39, 0.29) is 0 Å². The number of alkyl halides is 6. The molecule has 0 unspecified atom stereocenters. The van der Waals surface area contributed by atoms with Gasteiger partial charge in [-0.2, -0.15) is 0 Å². The van der Waals surface area contributed by atoms with Gasteiger partial charge in [0.15, 0.2) is 10.3 Å². The van der Waals surface area contributed by atoms with Gasteiger partial charge in [0.05, 0.1) is 0 Å². The Balaban J connectivity index is -0.000000105. The molecule has 0 radical (unpaired) electrons. The summed E-state index contributed by atoms with van der Waals surface area (Å²) in [5.41, 5.74) is 0. The van der Waals surface area contributed by atoms with Crippen molar-refractivity contribution in [3.63, 3.8) is 0 Å². The third-order valence-corrected chi connectivity index (χ3v) is 4.64. The Morgan fingerprint density at radius 2 is 0.696 bits per heavy atom. The van der Waals surface area contributed by atoms with E-state index in [4.69, 9.17) is 34.6 Å². The molecule has 0 heterocycles. The average Bonchev–Trinajstić information content (AvgIpc) is 2.25. The van der Waals surface area contributed by atoms with Crippen LogP contribution in [-0.2, 0) is 4.57 Å². The van der Waals surface area contributed by atoms with Gasteiger partial charge in [0, 0.05) is 0 Å². The monoisotopic (exact) mass is 746 g/mol. The molecule has 0 saturated carbocycles. The summed E-state index contributed by atoms with van der Waals surface area (Å²) < 4.78 is 6.38. The van der Waals surface area contributed by atoms with Crippen molar-refractivity contribution >= 4 is 103 Å². The van der Waals surface area contributed by atoms with Crippen LogP contribution >= 0.6 is 103 Å². The van der Waals surface area contributed by atoms with Crippen LogP contribution in [0.4, 0.5) is 0 Å². The van der Waals surface area contributed by atoms with E-state index >= 15 is 0 Å². The molecule has 0 aromatic heterocycles. The molecule has 0 fully saturated rings. The molecule has 0 bridgehead atoms. The number of rotatable bonds is 3. The second-order valence-electron chi connectivity index (χ2n) is 3.57. The lowest BCUT2D eigenvalue weighted by molar-refractivity contribution is 0.240. The Bertz CT molecular complexity index is 265. The van der Waals surface area contributed by atoms with Crippen LogP contribution in [0.25, 0.3) is 0 Å². The topological polar surface area (TPSA) is 138 Å². The van der Waals surface area contributed by atoms with E-state index in [0.717, 1.165) is 0 Å². The van der Waals surface area contributed by atoms with E-state index in [1.807, 2.05) is 20.8 Å². The molecule has 0 spiro atoms. The number of hydrogen-bond donors (Lipinski definition) is 6. The van der Waals surface area contributed by atoms with Crippen molar-refractivity contribution in [3.05, 3.63) is 0 Å². The van der Waals surface area contributed by atoms with Gasteiger partial charge in [-0.15, -0.1) is 0 Å². The highest BCUT2D eigenvalue weighted by Crippen LogP contribution is 2.26. The van der Waals surface area contributed by atoms with Crippen LogP contribution in [0.1, 0.15) is 40.0 Å². The van der Waals surface area contributed by atoms with Crippen molar-refractivity contribution in [2.45, 2.75) is 50.3 Å². The van der Waals surface area contributed by atoms with E-state index in [9.17, 15) is 0 Å². The number of halogens is 6. The van der Waals surface area contributed by atoms with Crippen molar-refractivity contribution < 1.29 is 34.6 Å². The van der Waals surface area contributed by atoms with Crippen molar-refractivity contribution in [1.82, 2.24) is 0 Å². The fourth-order valence-electron chi connectivity index (χ4n) is 0. The van der Waals surface area contributed by atoms with Crippen LogP contribution in [0.5, 0.6) is 0 Å². The van der Waals surface area contributed by atoms with Crippen LogP contribution in [0.3, 0.4) is 0 Å². The van der Waals surface area contributed by atoms with Gasteiger partial charge in [0.2, 0.25) is 0 Å². The first-order valence-electron chi connectivity index (χ1n) is 5.77. The summed E-state index contributed by atoms with van der Waals surface area (Å²) >= 11 is 17.7. The molecule has 0 amide bonds. The fraction of sp³-hybridized carbons (Fsp3) is 1.00. The molecule has 0 aromatic carbocycles. The minimum absolute atomic E-state index is 0.660. The first kappa shape index (κ1) is 33.5. The maximum atomic E-state index is 8.88. The Morgan fingerprint density at radius 1 is 0.652 bits per heavy atom. The number of aliphatic hydroxyl groups is 3. The van der Waals surface area contributed by atoms with Crippen LogP contribution in [-0.4, -0.2) is 40.3 Å². The molecule has 14 heteroatoms. The quantitative estimate of drug-likeness (QED) is 0.184. The molecule has 0 aromatic rings. The van der Waals surface area contributed by atoms with Crippen molar-refractivity contribution in [3.8, 4) is 0 Å². The van der Waals surface area contributed by atoms with Gasteiger partial charge in [0.1, 0.15) is 0 Å². The van der Waals surface area contributed by atoms with Gasteiger partial charge < -0.3 is 30.0 Å². The van der Waals surface area contributed by atoms with E-state index < -0.39 is 18.1 Å². The molecule has 146 valence electrons. The summed E-state index contributed by atoms with van der Waals surface area (Å²) in [6, 6.07) is 0. The summed E-state index contributed by atoms with van der Waals surface area (Å²) in [7, 11) is -4.64. The van der Waals surface area contributed by atoms with E-state index in [1.165, 1.54) is 0 Å². The second kappa shape index (κ2) is 15.9. The van der Waals surface area contributed by atoms with Crippen molar-refractivity contribution in [2.75, 3.05) is 0 Å². The molecule has 0 aliphatic heterocycles. The Morgan fingerprint density at radius 3 is 0.696 bits per heavy atom. The maximum absolute atomic E-state index is 8.88. The third-order valence-electron chi connectivity index (χ3n) is 1.28. The third kappa shape index (κ3) is 92.3. The highest BCUT2D eigenvalue weighted by Gasteiger charge is 2.12. The minimum Gasteiger partial charge on any atom is -0.369 e. The summed E-state index contributed by atoms with van der Waals surface area (Å²) in [5.74, 6) is 0. The zero-order valence-electron chi connectivity index (χ0n) is 12.4. The van der Waals surface area contributed by atoms with Gasteiger partial charge in [-0.25, -0.2) is 4.57 Å². The van der Waals surface area contributed by atoms with Gasteiger partial charge in [-0.1, -0.05) is 20.8 Å².